The molecule has 2 atom stereocenters. The summed E-state index contributed by atoms with van der Waals surface area (Å²) in [4.78, 5) is 0. The van der Waals surface area contributed by atoms with Crippen LogP contribution in [0.2, 0.25) is 0 Å². The Bertz CT molecular complexity index is 65.5. The third-order valence-electron chi connectivity index (χ3n) is 1.42. The lowest BCUT2D eigenvalue weighted by atomic mass is 10.0. The summed E-state index contributed by atoms with van der Waals surface area (Å²) in [6.45, 7) is 4.02. The van der Waals surface area contributed by atoms with E-state index in [1.807, 2.05) is 13.8 Å². The molecule has 0 aliphatic rings. The predicted octanol–water partition coefficient (Wildman–Crippen LogP) is -0.492. The van der Waals surface area contributed by atoms with Crippen LogP contribution in [0.4, 0.5) is 0 Å². The smallest absolute Gasteiger partial charge is 0.118 e. The summed E-state index contributed by atoms with van der Waals surface area (Å²) in [6.07, 6.45) is -0.755. The number of nitrogens with two attached hydrogens (primary N) is 1. The van der Waals surface area contributed by atoms with Crippen molar-refractivity contribution in [2.75, 3.05) is 7.05 Å². The van der Waals surface area contributed by atoms with Gasteiger partial charge in [-0.05, 0) is 13.0 Å². The van der Waals surface area contributed by atoms with E-state index in [4.69, 9.17) is 10.8 Å². The minimum Gasteiger partial charge on any atom is -0.377 e. The summed E-state index contributed by atoms with van der Waals surface area (Å²) in [7, 11) is 1.79. The second-order valence-corrected chi connectivity index (χ2v) is 2.55. The molecule has 0 unspecified atom stereocenters. The van der Waals surface area contributed by atoms with Gasteiger partial charge in [0.15, 0.2) is 0 Å². The van der Waals surface area contributed by atoms with Crippen molar-refractivity contribution in [2.24, 2.45) is 11.7 Å². The number of aliphatic hydroxyl groups excluding tert-OH is 1. The van der Waals surface area contributed by atoms with Gasteiger partial charge in [0, 0.05) is 6.04 Å². The van der Waals surface area contributed by atoms with Crippen LogP contribution in [0.15, 0.2) is 0 Å². The highest BCUT2D eigenvalue weighted by Crippen LogP contribution is 2.01. The molecular weight excluding hydrogens is 116 g/mol. The average molecular weight is 132 g/mol. The maximum absolute atomic E-state index is 8.90. The molecule has 0 aliphatic heterocycles. The van der Waals surface area contributed by atoms with Crippen LogP contribution in [0.5, 0.6) is 0 Å². The summed E-state index contributed by atoms with van der Waals surface area (Å²) >= 11 is 0. The van der Waals surface area contributed by atoms with Crippen LogP contribution >= 0.6 is 0 Å². The number of hydrogen-bond acceptors (Lipinski definition) is 3. The van der Waals surface area contributed by atoms with E-state index in [9.17, 15) is 0 Å². The first-order chi connectivity index (χ1) is 4.09. The molecule has 0 radical (unpaired) electrons. The molecule has 56 valence electrons. The van der Waals surface area contributed by atoms with Crippen LogP contribution in [0.25, 0.3) is 0 Å². The van der Waals surface area contributed by atoms with Gasteiger partial charge in [-0.2, -0.15) is 0 Å². The normalized spacial score (nSPS) is 18.0. The quantitative estimate of drug-likeness (QED) is 0.454. The Labute approximate surface area is 56.2 Å². The summed E-state index contributed by atoms with van der Waals surface area (Å²) in [5.74, 6) is 0.370. The highest BCUT2D eigenvalue weighted by atomic mass is 16.3. The second-order valence-electron chi connectivity index (χ2n) is 2.55. The zero-order valence-electron chi connectivity index (χ0n) is 6.26. The topological polar surface area (TPSA) is 58.3 Å². The van der Waals surface area contributed by atoms with Crippen LogP contribution in [-0.4, -0.2) is 24.4 Å². The van der Waals surface area contributed by atoms with Crippen molar-refractivity contribution < 1.29 is 5.11 Å². The number of aliphatic hydroxyl groups is 1. The predicted molar refractivity (Wildman–Crippen MR) is 37.9 cm³/mol. The van der Waals surface area contributed by atoms with E-state index in [2.05, 4.69) is 5.32 Å². The highest BCUT2D eigenvalue weighted by molar-refractivity contribution is 4.72. The van der Waals surface area contributed by atoms with Gasteiger partial charge in [0.2, 0.25) is 0 Å². The van der Waals surface area contributed by atoms with E-state index in [1.54, 1.807) is 7.05 Å². The van der Waals surface area contributed by atoms with Gasteiger partial charge < -0.3 is 16.2 Å². The van der Waals surface area contributed by atoms with Crippen molar-refractivity contribution in [3.63, 3.8) is 0 Å². The van der Waals surface area contributed by atoms with E-state index < -0.39 is 6.23 Å². The SMILES string of the molecule is CN[C@@H](C(C)C)[C@H](N)O. The van der Waals surface area contributed by atoms with Gasteiger partial charge in [-0.3, -0.25) is 0 Å². The van der Waals surface area contributed by atoms with Crippen molar-refractivity contribution in [3.8, 4) is 0 Å². The van der Waals surface area contributed by atoms with Gasteiger partial charge in [-0.15, -0.1) is 0 Å². The van der Waals surface area contributed by atoms with Crippen molar-refractivity contribution in [1.29, 1.82) is 0 Å². The molecule has 0 bridgehead atoms. The monoisotopic (exact) mass is 132 g/mol. The Morgan fingerprint density at radius 1 is 1.44 bits per heavy atom. The van der Waals surface area contributed by atoms with Crippen LogP contribution < -0.4 is 11.1 Å². The van der Waals surface area contributed by atoms with Gasteiger partial charge in [-0.1, -0.05) is 13.8 Å². The molecule has 3 heteroatoms. The molecule has 0 aromatic rings. The first-order valence-corrected chi connectivity index (χ1v) is 3.20. The third kappa shape index (κ3) is 2.79. The fourth-order valence-corrected chi connectivity index (χ4v) is 0.898. The van der Waals surface area contributed by atoms with E-state index in [1.165, 1.54) is 0 Å². The molecular formula is C6H16N2O. The number of likely N-dealkylation sites (N-methyl/N-ethyl adjacent to an activating group) is 1. The Morgan fingerprint density at radius 3 is 1.89 bits per heavy atom. The van der Waals surface area contributed by atoms with Crippen molar-refractivity contribution in [1.82, 2.24) is 5.32 Å². The second kappa shape index (κ2) is 3.82. The summed E-state index contributed by atoms with van der Waals surface area (Å²) in [5, 5.41) is 11.8. The molecule has 0 fully saturated rings. The van der Waals surface area contributed by atoms with E-state index >= 15 is 0 Å². The minimum absolute atomic E-state index is 0.00463. The molecule has 0 aliphatic carbocycles. The largest absolute Gasteiger partial charge is 0.377 e. The zero-order chi connectivity index (χ0) is 7.44. The summed E-state index contributed by atoms with van der Waals surface area (Å²) in [6, 6.07) is 0.00463. The number of hydrogen-bond donors (Lipinski definition) is 3. The third-order valence-corrected chi connectivity index (χ3v) is 1.42. The molecule has 0 saturated heterocycles. The first kappa shape index (κ1) is 8.88. The number of nitrogens with one attached hydrogen (secondary N) is 1. The van der Waals surface area contributed by atoms with Crippen molar-refractivity contribution in [3.05, 3.63) is 0 Å². The van der Waals surface area contributed by atoms with Crippen LogP contribution in [-0.2, 0) is 0 Å². The molecule has 9 heavy (non-hydrogen) atoms. The lowest BCUT2D eigenvalue weighted by Crippen LogP contribution is -2.46. The maximum Gasteiger partial charge on any atom is 0.118 e. The Morgan fingerprint density at radius 2 is 1.89 bits per heavy atom. The maximum atomic E-state index is 8.90. The summed E-state index contributed by atoms with van der Waals surface area (Å²) < 4.78 is 0. The van der Waals surface area contributed by atoms with Crippen LogP contribution in [0.1, 0.15) is 13.8 Å². The van der Waals surface area contributed by atoms with Crippen LogP contribution in [0.3, 0.4) is 0 Å². The molecule has 0 amide bonds. The summed E-state index contributed by atoms with van der Waals surface area (Å²) in [5.41, 5.74) is 5.24. The Balaban J connectivity index is 3.68. The van der Waals surface area contributed by atoms with Gasteiger partial charge in [0.1, 0.15) is 6.23 Å². The lowest BCUT2D eigenvalue weighted by Gasteiger charge is -2.22. The molecule has 0 aromatic carbocycles. The lowest BCUT2D eigenvalue weighted by molar-refractivity contribution is 0.115. The average Bonchev–Trinajstić information content (AvgIpc) is 1.64. The molecule has 0 aromatic heterocycles. The zero-order valence-corrected chi connectivity index (χ0v) is 6.26. The molecule has 0 spiro atoms. The van der Waals surface area contributed by atoms with Gasteiger partial charge >= 0.3 is 0 Å². The number of rotatable bonds is 3. The Kier molecular flexibility index (Phi) is 3.77. The van der Waals surface area contributed by atoms with E-state index in [0.717, 1.165) is 0 Å². The van der Waals surface area contributed by atoms with Gasteiger partial charge in [-0.25, -0.2) is 0 Å². The van der Waals surface area contributed by atoms with Crippen molar-refractivity contribution >= 4 is 0 Å². The molecule has 3 nitrogen and oxygen atoms in total. The molecule has 0 saturated carbocycles. The van der Waals surface area contributed by atoms with E-state index in [0.29, 0.717) is 5.92 Å². The molecule has 4 N–H and O–H groups in total. The standard InChI is InChI=1S/C6H16N2O/c1-4(2)5(8-3)6(7)9/h4-6,8-9H,7H2,1-3H3/t5-,6+/m0/s1. The van der Waals surface area contributed by atoms with E-state index in [-0.39, 0.29) is 6.04 Å². The van der Waals surface area contributed by atoms with Crippen LogP contribution in [0, 0.1) is 5.92 Å². The van der Waals surface area contributed by atoms with Crippen molar-refractivity contribution in [2.45, 2.75) is 26.1 Å². The molecule has 0 rings (SSSR count). The Hall–Kier alpha value is -0.120. The minimum atomic E-state index is -0.755. The highest BCUT2D eigenvalue weighted by Gasteiger charge is 2.15. The van der Waals surface area contributed by atoms with Gasteiger partial charge in [0.05, 0.1) is 0 Å². The van der Waals surface area contributed by atoms with Gasteiger partial charge in [0.25, 0.3) is 0 Å². The first-order valence-electron chi connectivity index (χ1n) is 3.20. The fourth-order valence-electron chi connectivity index (χ4n) is 0.898. The fraction of sp³-hybridized carbons (Fsp3) is 1.00. The molecule has 0 heterocycles.